The lowest BCUT2D eigenvalue weighted by Crippen LogP contribution is -2.48. The Balaban J connectivity index is 0.000000384. The molecule has 0 aliphatic carbocycles. The summed E-state index contributed by atoms with van der Waals surface area (Å²) in [5.41, 5.74) is 1.94. The van der Waals surface area contributed by atoms with Crippen LogP contribution in [0.4, 0.5) is 29.1 Å². The first-order chi connectivity index (χ1) is 17.0. The highest BCUT2D eigenvalue weighted by atomic mass is 35.5. The summed E-state index contributed by atoms with van der Waals surface area (Å²) in [5.74, 6) is -2.36. The number of aromatic nitrogens is 3. The van der Waals surface area contributed by atoms with Crippen molar-refractivity contribution in [1.82, 2.24) is 19.9 Å². The van der Waals surface area contributed by atoms with Crippen LogP contribution in [0.2, 0.25) is 5.02 Å². The Labute approximate surface area is 207 Å². The van der Waals surface area contributed by atoms with Crippen LogP contribution in [0.1, 0.15) is 24.4 Å². The Bertz CT molecular complexity index is 1280. The van der Waals surface area contributed by atoms with Gasteiger partial charge >= 0.3 is 12.1 Å². The molecule has 1 atom stereocenters. The largest absolute Gasteiger partial charge is 0.490 e. The quantitative estimate of drug-likeness (QED) is 0.443. The average molecular weight is 529 g/mol. The van der Waals surface area contributed by atoms with Crippen molar-refractivity contribution in [2.75, 3.05) is 29.9 Å². The van der Waals surface area contributed by atoms with E-state index in [1.54, 1.807) is 16.8 Å². The molecule has 0 spiro atoms. The molecule has 1 aromatic carbocycles. The highest BCUT2D eigenvalue weighted by molar-refractivity contribution is 6.31. The molecule has 14 heteroatoms. The van der Waals surface area contributed by atoms with E-state index in [2.05, 4.69) is 20.6 Å². The molecule has 36 heavy (non-hydrogen) atoms. The Kier molecular flexibility index (Phi) is 7.31. The topological polar surface area (TPSA) is 112 Å². The van der Waals surface area contributed by atoms with E-state index in [-0.39, 0.29) is 23.7 Å². The third-order valence-electron chi connectivity index (χ3n) is 5.87. The van der Waals surface area contributed by atoms with Crippen molar-refractivity contribution in [1.29, 1.82) is 0 Å². The Morgan fingerprint density at radius 2 is 1.94 bits per heavy atom. The zero-order valence-corrected chi connectivity index (χ0v) is 19.4. The van der Waals surface area contributed by atoms with Gasteiger partial charge in [0.1, 0.15) is 17.3 Å². The molecule has 0 bridgehead atoms. The number of halogens is 5. The fourth-order valence-corrected chi connectivity index (χ4v) is 4.19. The van der Waals surface area contributed by atoms with E-state index < -0.39 is 12.1 Å². The summed E-state index contributed by atoms with van der Waals surface area (Å²) in [5, 5.41) is 18.0. The molecule has 2 saturated heterocycles. The summed E-state index contributed by atoms with van der Waals surface area (Å²) in [7, 11) is 0. The summed E-state index contributed by atoms with van der Waals surface area (Å²) in [6, 6.07) is 6.30. The van der Waals surface area contributed by atoms with Crippen molar-refractivity contribution < 1.29 is 32.3 Å². The Morgan fingerprint density at radius 1 is 1.22 bits per heavy atom. The van der Waals surface area contributed by atoms with Gasteiger partial charge in [0.05, 0.1) is 18.2 Å². The third-order valence-corrected chi connectivity index (χ3v) is 6.22. The van der Waals surface area contributed by atoms with Crippen molar-refractivity contribution in [2.45, 2.75) is 25.1 Å². The molecule has 3 N–H and O–H groups in total. The Morgan fingerprint density at radius 3 is 2.58 bits per heavy atom. The molecule has 2 aliphatic heterocycles. The highest BCUT2D eigenvalue weighted by Gasteiger charge is 2.38. The summed E-state index contributed by atoms with van der Waals surface area (Å²) >= 11 is 6.36. The normalized spacial score (nSPS) is 17.9. The van der Waals surface area contributed by atoms with E-state index in [4.69, 9.17) is 26.5 Å². The van der Waals surface area contributed by atoms with Crippen LogP contribution < -0.4 is 15.5 Å². The molecule has 5 rings (SSSR count). The summed E-state index contributed by atoms with van der Waals surface area (Å²) in [4.78, 5) is 28.1. The molecule has 9 nitrogen and oxygen atoms in total. The molecule has 1 amide bonds. The smallest absolute Gasteiger partial charge is 0.475 e. The fraction of sp³-hybridized carbons (Fsp3) is 0.364. The van der Waals surface area contributed by atoms with Crippen LogP contribution in [0.25, 0.3) is 5.65 Å². The monoisotopic (exact) mass is 528 g/mol. The van der Waals surface area contributed by atoms with Gasteiger partial charge < -0.3 is 20.6 Å². The van der Waals surface area contributed by atoms with Crippen LogP contribution in [0.5, 0.6) is 0 Å². The summed E-state index contributed by atoms with van der Waals surface area (Å²) < 4.78 is 47.2. The van der Waals surface area contributed by atoms with Crippen molar-refractivity contribution >= 4 is 40.6 Å². The second-order valence-electron chi connectivity index (χ2n) is 8.28. The number of nitrogens with zero attached hydrogens (tertiary/aromatic N) is 4. The number of benzene rings is 1. The number of hydrogen-bond acceptors (Lipinski definition) is 6. The number of alkyl halides is 3. The second kappa shape index (κ2) is 10.3. The number of aliphatic carboxylic acids is 1. The number of fused-ring (bicyclic) bond motifs is 1. The maximum absolute atomic E-state index is 13.8. The van der Waals surface area contributed by atoms with E-state index in [9.17, 15) is 22.4 Å². The zero-order chi connectivity index (χ0) is 26.0. The van der Waals surface area contributed by atoms with Crippen molar-refractivity contribution in [3.63, 3.8) is 0 Å². The number of amides is 1. The van der Waals surface area contributed by atoms with Gasteiger partial charge in [-0.25, -0.2) is 18.7 Å². The van der Waals surface area contributed by atoms with Crippen LogP contribution in [0.3, 0.4) is 0 Å². The number of carboxylic acid groups (broad SMARTS) is 1. The standard InChI is InChI=1S/C20H20ClFN6O.C2HF3O2/c21-15-4-3-13(22)8-14(15)17-2-1-6-27(17)18-5-7-28-19(26-18)16(11-24-28)25-20(29)12-9-23-10-12;3-2(4,5)1(6)7/h3-5,7-8,11-12,17,23H,1-2,6,9-10H2,(H,25,29);(H,6,7)/t17-;/m1./s1. The Hall–Kier alpha value is -3.45. The number of carbonyl (C=O) groups excluding carboxylic acids is 1. The number of carboxylic acids is 1. The highest BCUT2D eigenvalue weighted by Crippen LogP contribution is 2.38. The lowest BCUT2D eigenvalue weighted by atomic mass is 10.0. The van der Waals surface area contributed by atoms with Gasteiger partial charge in [-0.15, -0.1) is 0 Å². The summed E-state index contributed by atoms with van der Waals surface area (Å²) in [6.45, 7) is 2.17. The van der Waals surface area contributed by atoms with Gasteiger partial charge in [-0.1, -0.05) is 11.6 Å². The van der Waals surface area contributed by atoms with E-state index in [0.29, 0.717) is 29.4 Å². The number of carbonyl (C=O) groups is 2. The first kappa shape index (κ1) is 25.6. The minimum absolute atomic E-state index is 0.0220. The molecule has 2 aliphatic rings. The molecule has 0 radical (unpaired) electrons. The number of hydrogen-bond donors (Lipinski definition) is 3. The lowest BCUT2D eigenvalue weighted by molar-refractivity contribution is -0.192. The zero-order valence-electron chi connectivity index (χ0n) is 18.6. The van der Waals surface area contributed by atoms with Gasteiger partial charge in [0.15, 0.2) is 5.65 Å². The number of rotatable bonds is 4. The van der Waals surface area contributed by atoms with Gasteiger partial charge in [-0.3, -0.25) is 4.79 Å². The van der Waals surface area contributed by atoms with Crippen molar-refractivity contribution in [2.24, 2.45) is 5.92 Å². The van der Waals surface area contributed by atoms with E-state index >= 15 is 0 Å². The first-order valence-corrected chi connectivity index (χ1v) is 11.3. The number of nitrogens with one attached hydrogen (secondary N) is 2. The SMILES string of the molecule is O=C(Nc1cnn2ccc(N3CCC[C@@H]3c3cc(F)ccc3Cl)nc12)C1CNC1.O=C(O)C(F)(F)F. The van der Waals surface area contributed by atoms with Crippen LogP contribution in [0, 0.1) is 11.7 Å². The fourth-order valence-electron chi connectivity index (χ4n) is 3.95. The predicted molar refractivity (Wildman–Crippen MR) is 122 cm³/mol. The van der Waals surface area contributed by atoms with Crippen molar-refractivity contribution in [3.8, 4) is 0 Å². The van der Waals surface area contributed by atoms with Crippen molar-refractivity contribution in [3.05, 3.63) is 53.1 Å². The number of anilines is 2. The minimum atomic E-state index is -5.08. The van der Waals surface area contributed by atoms with Gasteiger partial charge in [0, 0.05) is 30.9 Å². The molecule has 0 saturated carbocycles. The van der Waals surface area contributed by atoms with Gasteiger partial charge in [-0.05, 0) is 42.7 Å². The molecule has 192 valence electrons. The molecule has 2 fully saturated rings. The summed E-state index contributed by atoms with van der Waals surface area (Å²) in [6.07, 6.45) is 0.178. The van der Waals surface area contributed by atoms with Crippen LogP contribution >= 0.6 is 11.6 Å². The minimum Gasteiger partial charge on any atom is -0.475 e. The van der Waals surface area contributed by atoms with E-state index in [1.165, 1.54) is 12.1 Å². The molecular weight excluding hydrogens is 508 g/mol. The molecule has 2 aromatic heterocycles. The van der Waals surface area contributed by atoms with Crippen LogP contribution in [-0.2, 0) is 9.59 Å². The average Bonchev–Trinajstić information content (AvgIpc) is 3.41. The predicted octanol–water partition coefficient (Wildman–Crippen LogP) is 3.65. The van der Waals surface area contributed by atoms with Crippen LogP contribution in [-0.4, -0.2) is 57.4 Å². The maximum Gasteiger partial charge on any atom is 0.490 e. The van der Waals surface area contributed by atoms with Crippen LogP contribution in [0.15, 0.2) is 36.7 Å². The molecule has 3 aromatic rings. The van der Waals surface area contributed by atoms with E-state index in [1.807, 2.05) is 12.3 Å². The molecular formula is C22H21ClF4N6O3. The lowest BCUT2D eigenvalue weighted by Gasteiger charge is -2.27. The second-order valence-corrected chi connectivity index (χ2v) is 8.68. The maximum atomic E-state index is 13.8. The van der Waals surface area contributed by atoms with E-state index in [0.717, 1.165) is 30.8 Å². The third kappa shape index (κ3) is 5.51. The van der Waals surface area contributed by atoms with Gasteiger partial charge in [0.25, 0.3) is 0 Å². The molecule has 0 unspecified atom stereocenters. The van der Waals surface area contributed by atoms with Gasteiger partial charge in [0.2, 0.25) is 5.91 Å². The molecule has 4 heterocycles. The van der Waals surface area contributed by atoms with Gasteiger partial charge in [-0.2, -0.15) is 18.3 Å². The first-order valence-electron chi connectivity index (χ1n) is 10.9.